The Bertz CT molecular complexity index is 399. The summed E-state index contributed by atoms with van der Waals surface area (Å²) in [4.78, 5) is 18.2. The molecule has 0 aromatic carbocycles. The van der Waals surface area contributed by atoms with Crippen LogP contribution in [0.3, 0.4) is 0 Å². The van der Waals surface area contributed by atoms with Gasteiger partial charge in [0.25, 0.3) is 0 Å². The zero-order valence-corrected chi connectivity index (χ0v) is 11.4. The Labute approximate surface area is 109 Å². The SMILES string of the molecule is CCC(=O)c1ccc(N2CCCC(CC)C2)cn1. The predicted octanol–water partition coefficient (Wildman–Crippen LogP) is 3.30. The van der Waals surface area contributed by atoms with E-state index in [0.717, 1.165) is 24.7 Å². The number of piperidine rings is 1. The fraction of sp³-hybridized carbons (Fsp3) is 0.600. The van der Waals surface area contributed by atoms with Gasteiger partial charge in [-0.3, -0.25) is 9.78 Å². The van der Waals surface area contributed by atoms with Crippen LogP contribution < -0.4 is 4.90 Å². The van der Waals surface area contributed by atoms with Crippen LogP contribution in [0.2, 0.25) is 0 Å². The van der Waals surface area contributed by atoms with Crippen LogP contribution in [0, 0.1) is 5.92 Å². The minimum atomic E-state index is 0.117. The lowest BCUT2D eigenvalue weighted by Gasteiger charge is -2.33. The molecule has 1 unspecified atom stereocenters. The molecular weight excluding hydrogens is 224 g/mol. The number of anilines is 1. The summed E-state index contributed by atoms with van der Waals surface area (Å²) in [5, 5.41) is 0. The second-order valence-corrected chi connectivity index (χ2v) is 5.04. The smallest absolute Gasteiger partial charge is 0.180 e. The van der Waals surface area contributed by atoms with E-state index in [4.69, 9.17) is 0 Å². The first-order chi connectivity index (χ1) is 8.74. The highest BCUT2D eigenvalue weighted by Gasteiger charge is 2.19. The van der Waals surface area contributed by atoms with Crippen molar-refractivity contribution in [3.05, 3.63) is 24.0 Å². The van der Waals surface area contributed by atoms with Gasteiger partial charge >= 0.3 is 0 Å². The molecule has 0 amide bonds. The van der Waals surface area contributed by atoms with Gasteiger partial charge in [-0.05, 0) is 30.9 Å². The number of aromatic nitrogens is 1. The number of nitrogens with zero attached hydrogens (tertiary/aromatic N) is 2. The normalized spacial score (nSPS) is 19.9. The van der Waals surface area contributed by atoms with Crippen LogP contribution in [0.4, 0.5) is 5.69 Å². The molecule has 1 fully saturated rings. The fourth-order valence-corrected chi connectivity index (χ4v) is 2.55. The highest BCUT2D eigenvalue weighted by Crippen LogP contribution is 2.24. The Morgan fingerprint density at radius 2 is 2.28 bits per heavy atom. The molecule has 3 nitrogen and oxygen atoms in total. The maximum absolute atomic E-state index is 11.5. The van der Waals surface area contributed by atoms with Crippen molar-refractivity contribution < 1.29 is 4.79 Å². The van der Waals surface area contributed by atoms with Crippen molar-refractivity contribution in [2.75, 3.05) is 18.0 Å². The fourth-order valence-electron chi connectivity index (χ4n) is 2.55. The first kappa shape index (κ1) is 13.1. The minimum Gasteiger partial charge on any atom is -0.370 e. The lowest BCUT2D eigenvalue weighted by Crippen LogP contribution is -2.35. The summed E-state index contributed by atoms with van der Waals surface area (Å²) in [5.74, 6) is 0.919. The number of Topliss-reactive ketones (excluding diaryl/α,β-unsaturated/α-hetero) is 1. The molecule has 0 spiro atoms. The standard InChI is InChI=1S/C15H22N2O/c1-3-12-6-5-9-17(11-12)13-7-8-14(16-10-13)15(18)4-2/h7-8,10,12H,3-6,9,11H2,1-2H3. The molecule has 98 valence electrons. The third kappa shape index (κ3) is 2.89. The first-order valence-electron chi connectivity index (χ1n) is 6.98. The van der Waals surface area contributed by atoms with E-state index >= 15 is 0 Å². The van der Waals surface area contributed by atoms with Crippen LogP contribution in [0.5, 0.6) is 0 Å². The quantitative estimate of drug-likeness (QED) is 0.764. The lowest BCUT2D eigenvalue weighted by atomic mass is 9.95. The summed E-state index contributed by atoms with van der Waals surface area (Å²) in [6, 6.07) is 3.89. The molecule has 2 heterocycles. The van der Waals surface area contributed by atoms with E-state index in [1.807, 2.05) is 25.3 Å². The molecule has 1 aliphatic rings. The van der Waals surface area contributed by atoms with Gasteiger partial charge in [0.15, 0.2) is 5.78 Å². The summed E-state index contributed by atoms with van der Waals surface area (Å²) < 4.78 is 0. The Morgan fingerprint density at radius 3 is 2.89 bits per heavy atom. The molecular formula is C15H22N2O. The maximum atomic E-state index is 11.5. The van der Waals surface area contributed by atoms with Gasteiger partial charge in [-0.1, -0.05) is 20.3 Å². The Hall–Kier alpha value is -1.38. The predicted molar refractivity (Wildman–Crippen MR) is 74.1 cm³/mol. The monoisotopic (exact) mass is 246 g/mol. The maximum Gasteiger partial charge on any atom is 0.180 e. The number of carbonyl (C=O) groups is 1. The molecule has 1 atom stereocenters. The van der Waals surface area contributed by atoms with E-state index < -0.39 is 0 Å². The van der Waals surface area contributed by atoms with Crippen molar-refractivity contribution in [3.8, 4) is 0 Å². The summed E-state index contributed by atoms with van der Waals surface area (Å²) in [6.45, 7) is 6.36. The van der Waals surface area contributed by atoms with E-state index in [0.29, 0.717) is 12.1 Å². The molecule has 1 aliphatic heterocycles. The van der Waals surface area contributed by atoms with E-state index in [1.54, 1.807) is 0 Å². The average molecular weight is 246 g/mol. The number of hydrogen-bond acceptors (Lipinski definition) is 3. The van der Waals surface area contributed by atoms with Crippen molar-refractivity contribution >= 4 is 11.5 Å². The molecule has 0 N–H and O–H groups in total. The van der Waals surface area contributed by atoms with E-state index in [2.05, 4.69) is 16.8 Å². The van der Waals surface area contributed by atoms with Gasteiger partial charge in [0.2, 0.25) is 0 Å². The highest BCUT2D eigenvalue weighted by atomic mass is 16.1. The molecule has 18 heavy (non-hydrogen) atoms. The molecule has 1 saturated heterocycles. The Kier molecular flexibility index (Phi) is 4.34. The van der Waals surface area contributed by atoms with E-state index in [-0.39, 0.29) is 5.78 Å². The van der Waals surface area contributed by atoms with E-state index in [1.165, 1.54) is 19.3 Å². The molecule has 0 saturated carbocycles. The Balaban J connectivity index is 2.07. The lowest BCUT2D eigenvalue weighted by molar-refractivity contribution is 0.0983. The first-order valence-corrected chi connectivity index (χ1v) is 6.98. The van der Waals surface area contributed by atoms with E-state index in [9.17, 15) is 4.79 Å². The van der Waals surface area contributed by atoms with Crippen molar-refractivity contribution in [1.82, 2.24) is 4.98 Å². The minimum absolute atomic E-state index is 0.117. The molecule has 0 radical (unpaired) electrons. The third-order valence-electron chi connectivity index (χ3n) is 3.82. The number of rotatable bonds is 4. The second-order valence-electron chi connectivity index (χ2n) is 5.04. The zero-order chi connectivity index (χ0) is 13.0. The van der Waals surface area contributed by atoms with Crippen molar-refractivity contribution in [2.24, 2.45) is 5.92 Å². The van der Waals surface area contributed by atoms with Gasteiger partial charge in [-0.2, -0.15) is 0 Å². The summed E-state index contributed by atoms with van der Waals surface area (Å²) >= 11 is 0. The van der Waals surface area contributed by atoms with Crippen molar-refractivity contribution in [3.63, 3.8) is 0 Å². The van der Waals surface area contributed by atoms with Gasteiger partial charge in [-0.25, -0.2) is 0 Å². The molecule has 0 bridgehead atoms. The third-order valence-corrected chi connectivity index (χ3v) is 3.82. The molecule has 2 rings (SSSR count). The van der Waals surface area contributed by atoms with Gasteiger partial charge in [0.05, 0.1) is 11.9 Å². The summed E-state index contributed by atoms with van der Waals surface area (Å²) in [5.41, 5.74) is 1.74. The highest BCUT2D eigenvalue weighted by molar-refractivity contribution is 5.94. The van der Waals surface area contributed by atoms with Gasteiger partial charge in [0.1, 0.15) is 5.69 Å². The summed E-state index contributed by atoms with van der Waals surface area (Å²) in [7, 11) is 0. The Morgan fingerprint density at radius 1 is 1.44 bits per heavy atom. The van der Waals surface area contributed by atoms with Crippen molar-refractivity contribution in [1.29, 1.82) is 0 Å². The number of hydrogen-bond donors (Lipinski definition) is 0. The summed E-state index contributed by atoms with van der Waals surface area (Å²) in [6.07, 6.45) is 6.21. The van der Waals surface area contributed by atoms with Crippen LogP contribution in [0.1, 0.15) is 50.0 Å². The van der Waals surface area contributed by atoms with Gasteiger partial charge in [-0.15, -0.1) is 0 Å². The molecule has 0 aliphatic carbocycles. The zero-order valence-electron chi connectivity index (χ0n) is 11.4. The number of pyridine rings is 1. The van der Waals surface area contributed by atoms with Crippen LogP contribution >= 0.6 is 0 Å². The molecule has 1 aromatic heterocycles. The van der Waals surface area contributed by atoms with Crippen LogP contribution in [-0.4, -0.2) is 23.9 Å². The number of ketones is 1. The van der Waals surface area contributed by atoms with Gasteiger partial charge < -0.3 is 4.90 Å². The van der Waals surface area contributed by atoms with Crippen LogP contribution in [-0.2, 0) is 0 Å². The van der Waals surface area contributed by atoms with Crippen molar-refractivity contribution in [2.45, 2.75) is 39.5 Å². The second kappa shape index (κ2) is 5.98. The number of carbonyl (C=O) groups excluding carboxylic acids is 1. The largest absolute Gasteiger partial charge is 0.370 e. The molecule has 1 aromatic rings. The van der Waals surface area contributed by atoms with Crippen LogP contribution in [0.15, 0.2) is 18.3 Å². The average Bonchev–Trinajstić information content (AvgIpc) is 2.46. The van der Waals surface area contributed by atoms with Crippen LogP contribution in [0.25, 0.3) is 0 Å². The molecule has 3 heteroatoms. The van der Waals surface area contributed by atoms with Gasteiger partial charge in [0, 0.05) is 19.5 Å². The topological polar surface area (TPSA) is 33.2 Å².